The molecule has 1 aromatic heterocycles. The average molecular weight is 457 g/mol. The SMILES string of the molecule is CCCCOc1cccc(-c2nnc(CCC(=O)N3CCC[C@H](C(=O)OCC)C3)c(=O)[nH]2)c1. The maximum absolute atomic E-state index is 12.6. The maximum atomic E-state index is 12.6. The van der Waals surface area contributed by atoms with Gasteiger partial charge in [-0.3, -0.25) is 14.4 Å². The number of H-pyrrole nitrogens is 1. The first kappa shape index (κ1) is 24.4. The van der Waals surface area contributed by atoms with Crippen LogP contribution in [-0.2, 0) is 20.7 Å². The van der Waals surface area contributed by atoms with Crippen LogP contribution in [0, 0.1) is 5.92 Å². The zero-order valence-electron chi connectivity index (χ0n) is 19.3. The number of aromatic nitrogens is 3. The summed E-state index contributed by atoms with van der Waals surface area (Å²) in [7, 11) is 0. The summed E-state index contributed by atoms with van der Waals surface area (Å²) >= 11 is 0. The van der Waals surface area contributed by atoms with Gasteiger partial charge in [-0.1, -0.05) is 25.5 Å². The Kier molecular flexibility index (Phi) is 8.97. The lowest BCUT2D eigenvalue weighted by molar-refractivity contribution is -0.151. The zero-order valence-corrected chi connectivity index (χ0v) is 19.3. The van der Waals surface area contributed by atoms with Crippen molar-refractivity contribution in [2.45, 2.75) is 52.4 Å². The second-order valence-electron chi connectivity index (χ2n) is 8.11. The largest absolute Gasteiger partial charge is 0.494 e. The highest BCUT2D eigenvalue weighted by atomic mass is 16.5. The number of nitrogens with zero attached hydrogens (tertiary/aromatic N) is 3. The van der Waals surface area contributed by atoms with Crippen molar-refractivity contribution in [2.24, 2.45) is 5.92 Å². The van der Waals surface area contributed by atoms with Crippen LogP contribution in [0.1, 0.15) is 51.6 Å². The van der Waals surface area contributed by atoms with E-state index in [0.29, 0.717) is 43.4 Å². The van der Waals surface area contributed by atoms with Crippen molar-refractivity contribution in [1.29, 1.82) is 0 Å². The number of aromatic amines is 1. The van der Waals surface area contributed by atoms with Crippen molar-refractivity contribution < 1.29 is 19.1 Å². The number of likely N-dealkylation sites (tertiary alicyclic amines) is 1. The molecule has 33 heavy (non-hydrogen) atoms. The predicted octanol–water partition coefficient (Wildman–Crippen LogP) is 2.75. The number of aryl methyl sites for hydroxylation is 1. The molecule has 9 nitrogen and oxygen atoms in total. The Labute approximate surface area is 193 Å². The normalized spacial score (nSPS) is 15.8. The summed E-state index contributed by atoms with van der Waals surface area (Å²) in [4.78, 5) is 41.6. The topological polar surface area (TPSA) is 114 Å². The molecule has 1 amide bonds. The number of carbonyl (C=O) groups excluding carboxylic acids is 2. The van der Waals surface area contributed by atoms with Crippen LogP contribution < -0.4 is 10.3 Å². The van der Waals surface area contributed by atoms with Gasteiger partial charge in [0.05, 0.1) is 19.1 Å². The monoisotopic (exact) mass is 456 g/mol. The average Bonchev–Trinajstić information content (AvgIpc) is 2.83. The third kappa shape index (κ3) is 6.87. The first-order valence-electron chi connectivity index (χ1n) is 11.6. The number of benzene rings is 1. The van der Waals surface area contributed by atoms with Gasteiger partial charge in [0, 0.05) is 31.5 Å². The number of carbonyl (C=O) groups is 2. The van der Waals surface area contributed by atoms with Crippen LogP contribution in [0.3, 0.4) is 0 Å². The summed E-state index contributed by atoms with van der Waals surface area (Å²) in [6.07, 6.45) is 3.81. The van der Waals surface area contributed by atoms with Crippen LogP contribution in [0.4, 0.5) is 0 Å². The van der Waals surface area contributed by atoms with Crippen LogP contribution in [0.2, 0.25) is 0 Å². The molecule has 1 aliphatic rings. The Balaban J connectivity index is 1.58. The van der Waals surface area contributed by atoms with E-state index in [1.807, 2.05) is 24.3 Å². The fraction of sp³-hybridized carbons (Fsp3) is 0.542. The van der Waals surface area contributed by atoms with E-state index in [1.165, 1.54) is 0 Å². The highest BCUT2D eigenvalue weighted by Gasteiger charge is 2.29. The van der Waals surface area contributed by atoms with Crippen molar-refractivity contribution in [3.63, 3.8) is 0 Å². The predicted molar refractivity (Wildman–Crippen MR) is 123 cm³/mol. The van der Waals surface area contributed by atoms with E-state index < -0.39 is 0 Å². The van der Waals surface area contributed by atoms with Crippen molar-refractivity contribution in [3.05, 3.63) is 40.3 Å². The summed E-state index contributed by atoms with van der Waals surface area (Å²) in [6.45, 7) is 5.79. The molecule has 1 fully saturated rings. The second kappa shape index (κ2) is 12.1. The highest BCUT2D eigenvalue weighted by molar-refractivity contribution is 5.78. The number of rotatable bonds is 10. The summed E-state index contributed by atoms with van der Waals surface area (Å²) < 4.78 is 10.8. The van der Waals surface area contributed by atoms with E-state index in [-0.39, 0.29) is 41.9 Å². The van der Waals surface area contributed by atoms with Gasteiger partial charge in [-0.25, -0.2) is 0 Å². The van der Waals surface area contributed by atoms with Gasteiger partial charge >= 0.3 is 5.97 Å². The maximum Gasteiger partial charge on any atom is 0.310 e. The van der Waals surface area contributed by atoms with E-state index >= 15 is 0 Å². The molecule has 0 aliphatic carbocycles. The molecule has 1 N–H and O–H groups in total. The van der Waals surface area contributed by atoms with E-state index in [2.05, 4.69) is 22.1 Å². The number of ether oxygens (including phenoxy) is 2. The minimum atomic E-state index is -0.367. The van der Waals surface area contributed by atoms with Crippen molar-refractivity contribution in [2.75, 3.05) is 26.3 Å². The molecule has 0 spiro atoms. The first-order chi connectivity index (χ1) is 16.0. The van der Waals surface area contributed by atoms with E-state index in [4.69, 9.17) is 9.47 Å². The minimum absolute atomic E-state index is 0.105. The first-order valence-corrected chi connectivity index (χ1v) is 11.6. The van der Waals surface area contributed by atoms with Crippen LogP contribution in [0.5, 0.6) is 5.75 Å². The molecule has 178 valence electrons. The van der Waals surface area contributed by atoms with E-state index in [0.717, 1.165) is 25.7 Å². The lowest BCUT2D eigenvalue weighted by atomic mass is 9.98. The van der Waals surface area contributed by atoms with Crippen LogP contribution >= 0.6 is 0 Å². The Bertz CT molecular complexity index is 1010. The molecule has 3 rings (SSSR count). The number of piperidine rings is 1. The molecule has 1 saturated heterocycles. The Morgan fingerprint density at radius 1 is 1.24 bits per heavy atom. The molecule has 1 aromatic carbocycles. The molecule has 9 heteroatoms. The second-order valence-corrected chi connectivity index (χ2v) is 8.11. The number of unbranched alkanes of at least 4 members (excludes halogenated alkanes) is 1. The van der Waals surface area contributed by atoms with Gasteiger partial charge in [0.2, 0.25) is 5.91 Å². The molecule has 1 atom stereocenters. The summed E-state index contributed by atoms with van der Waals surface area (Å²) in [5.41, 5.74) is 0.545. The quantitative estimate of drug-likeness (QED) is 0.432. The van der Waals surface area contributed by atoms with Gasteiger partial charge in [0.15, 0.2) is 5.82 Å². The Hall–Kier alpha value is -3.23. The molecular formula is C24H32N4O5. The number of esters is 1. The molecular weight excluding hydrogens is 424 g/mol. The fourth-order valence-corrected chi connectivity index (χ4v) is 3.76. The molecule has 0 radical (unpaired) electrons. The van der Waals surface area contributed by atoms with Gasteiger partial charge in [0.25, 0.3) is 5.56 Å². The van der Waals surface area contributed by atoms with Gasteiger partial charge in [0.1, 0.15) is 11.4 Å². The van der Waals surface area contributed by atoms with Crippen molar-refractivity contribution in [3.8, 4) is 17.1 Å². The summed E-state index contributed by atoms with van der Waals surface area (Å²) in [6, 6.07) is 7.34. The lowest BCUT2D eigenvalue weighted by Gasteiger charge is -2.31. The molecule has 0 saturated carbocycles. The molecule has 1 aliphatic heterocycles. The summed E-state index contributed by atoms with van der Waals surface area (Å²) in [5.74, 6) is 0.413. The van der Waals surface area contributed by atoms with Crippen molar-refractivity contribution in [1.82, 2.24) is 20.1 Å². The van der Waals surface area contributed by atoms with Crippen LogP contribution in [0.15, 0.2) is 29.1 Å². The van der Waals surface area contributed by atoms with Crippen LogP contribution in [-0.4, -0.2) is 58.3 Å². The molecule has 2 aromatic rings. The van der Waals surface area contributed by atoms with Gasteiger partial charge in [-0.2, -0.15) is 0 Å². The van der Waals surface area contributed by atoms with Crippen molar-refractivity contribution >= 4 is 11.9 Å². The standard InChI is InChI=1S/C24H32N4O5/c1-3-5-14-33-19-10-6-8-17(15-19)22-25-23(30)20(26-27-22)11-12-21(29)28-13-7-9-18(16-28)24(31)32-4-2/h6,8,10,15,18H,3-5,7,9,11-14,16H2,1-2H3,(H,25,27,30)/t18-/m0/s1. The fourth-order valence-electron chi connectivity index (χ4n) is 3.76. The third-order valence-corrected chi connectivity index (χ3v) is 5.61. The number of hydrogen-bond donors (Lipinski definition) is 1. The summed E-state index contributed by atoms with van der Waals surface area (Å²) in [5, 5.41) is 8.21. The van der Waals surface area contributed by atoms with E-state index in [9.17, 15) is 14.4 Å². The Morgan fingerprint density at radius 3 is 2.85 bits per heavy atom. The smallest absolute Gasteiger partial charge is 0.310 e. The Morgan fingerprint density at radius 2 is 2.09 bits per heavy atom. The minimum Gasteiger partial charge on any atom is -0.494 e. The van der Waals surface area contributed by atoms with Gasteiger partial charge in [-0.05, 0) is 38.3 Å². The molecule has 0 bridgehead atoms. The van der Waals surface area contributed by atoms with E-state index in [1.54, 1.807) is 11.8 Å². The number of amides is 1. The van der Waals surface area contributed by atoms with Crippen LogP contribution in [0.25, 0.3) is 11.4 Å². The zero-order chi connectivity index (χ0) is 23.6. The number of nitrogens with one attached hydrogen (secondary N) is 1. The third-order valence-electron chi connectivity index (χ3n) is 5.61. The molecule has 0 unspecified atom stereocenters. The van der Waals surface area contributed by atoms with Gasteiger partial charge in [-0.15, -0.1) is 10.2 Å². The highest BCUT2D eigenvalue weighted by Crippen LogP contribution is 2.21. The molecule has 2 heterocycles. The van der Waals surface area contributed by atoms with Gasteiger partial charge < -0.3 is 19.4 Å². The lowest BCUT2D eigenvalue weighted by Crippen LogP contribution is -2.43. The number of hydrogen-bond acceptors (Lipinski definition) is 7.